The molecular formula is C10H5BrFNO2. The van der Waals surface area contributed by atoms with Gasteiger partial charge in [0.2, 0.25) is 0 Å². The highest BCUT2D eigenvalue weighted by Gasteiger charge is 2.13. The van der Waals surface area contributed by atoms with Crippen LogP contribution in [0.4, 0.5) is 4.39 Å². The van der Waals surface area contributed by atoms with Crippen molar-refractivity contribution < 1.29 is 14.0 Å². The molecule has 1 aromatic rings. The van der Waals surface area contributed by atoms with Crippen LogP contribution in [0.25, 0.3) is 0 Å². The minimum atomic E-state index is -0.853. The van der Waals surface area contributed by atoms with E-state index in [9.17, 15) is 14.0 Å². The lowest BCUT2D eigenvalue weighted by molar-refractivity contribution is 0.102. The van der Waals surface area contributed by atoms with Gasteiger partial charge in [-0.05, 0) is 12.1 Å². The molecule has 3 nitrogen and oxygen atoms in total. The highest BCUT2D eigenvalue weighted by atomic mass is 79.9. The molecule has 0 saturated heterocycles. The first-order valence-corrected chi connectivity index (χ1v) is 5.04. The number of nitrogens with zero attached hydrogens (tertiary/aromatic N) is 1. The second kappa shape index (κ2) is 4.80. The molecule has 0 N–H and O–H groups in total. The molecule has 1 aromatic carbocycles. The lowest BCUT2D eigenvalue weighted by atomic mass is 10.0. The van der Waals surface area contributed by atoms with Gasteiger partial charge in [0.25, 0.3) is 0 Å². The highest BCUT2D eigenvalue weighted by molar-refractivity contribution is 9.09. The maximum atomic E-state index is 13.2. The number of carbonyl (C=O) groups excluding carboxylic acids is 2. The number of hydrogen-bond donors (Lipinski definition) is 0. The van der Waals surface area contributed by atoms with Crippen molar-refractivity contribution in [2.75, 3.05) is 5.33 Å². The predicted octanol–water partition coefficient (Wildman–Crippen LogP) is 2.09. The second-order valence-corrected chi connectivity index (χ2v) is 3.27. The van der Waals surface area contributed by atoms with Gasteiger partial charge in [0.1, 0.15) is 11.9 Å². The molecule has 0 aliphatic heterocycles. The number of benzene rings is 1. The van der Waals surface area contributed by atoms with Gasteiger partial charge in [0.05, 0.1) is 16.5 Å². The summed E-state index contributed by atoms with van der Waals surface area (Å²) < 4.78 is 13.2. The number of hydrogen-bond acceptors (Lipinski definition) is 3. The number of alkyl halides is 1. The van der Waals surface area contributed by atoms with Gasteiger partial charge in [-0.2, -0.15) is 5.26 Å². The van der Waals surface area contributed by atoms with Gasteiger partial charge in [0, 0.05) is 5.56 Å². The Morgan fingerprint density at radius 2 is 2.27 bits per heavy atom. The predicted molar refractivity (Wildman–Crippen MR) is 54.6 cm³/mol. The smallest absolute Gasteiger partial charge is 0.173 e. The van der Waals surface area contributed by atoms with Crippen LogP contribution in [0.5, 0.6) is 0 Å². The minimum absolute atomic E-state index is 0.0394. The van der Waals surface area contributed by atoms with Gasteiger partial charge < -0.3 is 0 Å². The third kappa shape index (κ3) is 2.28. The fourth-order valence-electron chi connectivity index (χ4n) is 1.07. The van der Waals surface area contributed by atoms with Gasteiger partial charge >= 0.3 is 0 Å². The molecule has 0 radical (unpaired) electrons. The number of Topliss-reactive ketones (excluding diaryl/α,β-unsaturated/α-hetero) is 1. The van der Waals surface area contributed by atoms with Crippen molar-refractivity contribution in [3.63, 3.8) is 0 Å². The van der Waals surface area contributed by atoms with Crippen molar-refractivity contribution in [2.24, 2.45) is 0 Å². The Morgan fingerprint density at radius 3 is 2.73 bits per heavy atom. The summed E-state index contributed by atoms with van der Waals surface area (Å²) in [7, 11) is 0. The van der Waals surface area contributed by atoms with E-state index in [-0.39, 0.29) is 34.1 Å². The van der Waals surface area contributed by atoms with E-state index in [0.29, 0.717) is 0 Å². The van der Waals surface area contributed by atoms with Crippen LogP contribution in [0.3, 0.4) is 0 Å². The quantitative estimate of drug-likeness (QED) is 0.480. The van der Waals surface area contributed by atoms with Crippen molar-refractivity contribution in [1.29, 1.82) is 5.26 Å². The Morgan fingerprint density at radius 1 is 1.60 bits per heavy atom. The molecule has 0 spiro atoms. The topological polar surface area (TPSA) is 57.9 Å². The normalized spacial score (nSPS) is 9.40. The van der Waals surface area contributed by atoms with Crippen LogP contribution in [0, 0.1) is 17.1 Å². The summed E-state index contributed by atoms with van der Waals surface area (Å²) in [5, 5.41) is 8.69. The zero-order chi connectivity index (χ0) is 11.4. The summed E-state index contributed by atoms with van der Waals surface area (Å²) in [6.45, 7) is 0. The fraction of sp³-hybridized carbons (Fsp3) is 0.100. The Bertz CT molecular complexity index is 465. The molecule has 0 bridgehead atoms. The van der Waals surface area contributed by atoms with Crippen LogP contribution in [-0.2, 0) is 0 Å². The molecule has 76 valence electrons. The summed E-state index contributed by atoms with van der Waals surface area (Å²) in [4.78, 5) is 21.7. The van der Waals surface area contributed by atoms with E-state index in [0.717, 1.165) is 6.07 Å². The van der Waals surface area contributed by atoms with Gasteiger partial charge in [-0.25, -0.2) is 4.39 Å². The van der Waals surface area contributed by atoms with Crippen LogP contribution in [0.15, 0.2) is 12.1 Å². The molecule has 0 aliphatic carbocycles. The summed E-state index contributed by atoms with van der Waals surface area (Å²) in [6, 6.07) is 3.83. The standard InChI is InChI=1S/C10H5BrFNO2/c11-3-10(15)6-1-7(4-13)8(5-14)9(12)2-6/h1-2,5H,3H2. The Labute approximate surface area is 93.6 Å². The molecule has 5 heteroatoms. The van der Waals surface area contributed by atoms with E-state index in [4.69, 9.17) is 5.26 Å². The van der Waals surface area contributed by atoms with Crippen LogP contribution in [0.1, 0.15) is 26.3 Å². The molecule has 0 aliphatic rings. The van der Waals surface area contributed by atoms with Gasteiger partial charge in [-0.3, -0.25) is 9.59 Å². The van der Waals surface area contributed by atoms with E-state index in [1.165, 1.54) is 6.07 Å². The molecule has 0 saturated carbocycles. The van der Waals surface area contributed by atoms with Crippen LogP contribution in [0.2, 0.25) is 0 Å². The maximum Gasteiger partial charge on any atom is 0.173 e. The third-order valence-electron chi connectivity index (χ3n) is 1.81. The molecule has 0 fully saturated rings. The largest absolute Gasteiger partial charge is 0.298 e. The summed E-state index contributed by atoms with van der Waals surface area (Å²) in [6.07, 6.45) is 0.260. The van der Waals surface area contributed by atoms with Crippen molar-refractivity contribution in [3.8, 4) is 6.07 Å². The number of rotatable bonds is 3. The van der Waals surface area contributed by atoms with Gasteiger partial charge in [0.15, 0.2) is 12.1 Å². The van der Waals surface area contributed by atoms with E-state index < -0.39 is 5.82 Å². The van der Waals surface area contributed by atoms with Gasteiger partial charge in [-0.1, -0.05) is 15.9 Å². The first-order chi connectivity index (χ1) is 7.13. The summed E-state index contributed by atoms with van der Waals surface area (Å²) in [5.41, 5.74) is -0.371. The third-order valence-corrected chi connectivity index (χ3v) is 2.32. The first kappa shape index (κ1) is 11.5. The average molecular weight is 270 g/mol. The van der Waals surface area contributed by atoms with Crippen molar-refractivity contribution in [2.45, 2.75) is 0 Å². The van der Waals surface area contributed by atoms with Gasteiger partial charge in [-0.15, -0.1) is 0 Å². The fourth-order valence-corrected chi connectivity index (χ4v) is 1.39. The molecule has 1 rings (SSSR count). The first-order valence-electron chi connectivity index (χ1n) is 3.92. The molecule has 0 aromatic heterocycles. The number of nitriles is 1. The zero-order valence-corrected chi connectivity index (χ0v) is 9.04. The van der Waals surface area contributed by atoms with Crippen LogP contribution in [-0.4, -0.2) is 17.4 Å². The molecular weight excluding hydrogens is 265 g/mol. The monoisotopic (exact) mass is 269 g/mol. The van der Waals surface area contributed by atoms with Crippen molar-refractivity contribution >= 4 is 28.0 Å². The summed E-state index contributed by atoms with van der Waals surface area (Å²) in [5.74, 6) is -1.20. The van der Waals surface area contributed by atoms with E-state index >= 15 is 0 Å². The molecule has 0 atom stereocenters. The maximum absolute atomic E-state index is 13.2. The number of halogens is 2. The molecule has 0 unspecified atom stereocenters. The number of carbonyl (C=O) groups is 2. The van der Waals surface area contributed by atoms with Crippen LogP contribution < -0.4 is 0 Å². The van der Waals surface area contributed by atoms with Crippen molar-refractivity contribution in [1.82, 2.24) is 0 Å². The van der Waals surface area contributed by atoms with E-state index in [1.54, 1.807) is 6.07 Å². The Balaban J connectivity index is 3.40. The second-order valence-electron chi connectivity index (χ2n) is 2.71. The number of aldehydes is 1. The number of ketones is 1. The van der Waals surface area contributed by atoms with Crippen LogP contribution >= 0.6 is 15.9 Å². The minimum Gasteiger partial charge on any atom is -0.298 e. The Hall–Kier alpha value is -1.54. The van der Waals surface area contributed by atoms with E-state index in [2.05, 4.69) is 15.9 Å². The zero-order valence-electron chi connectivity index (χ0n) is 7.46. The average Bonchev–Trinajstić information content (AvgIpc) is 2.26. The molecule has 0 heterocycles. The lowest BCUT2D eigenvalue weighted by Crippen LogP contribution is -2.04. The molecule has 15 heavy (non-hydrogen) atoms. The molecule has 0 amide bonds. The lowest BCUT2D eigenvalue weighted by Gasteiger charge is -2.01. The SMILES string of the molecule is N#Cc1cc(C(=O)CBr)cc(F)c1C=O. The van der Waals surface area contributed by atoms with Crippen molar-refractivity contribution in [3.05, 3.63) is 34.6 Å². The van der Waals surface area contributed by atoms with E-state index in [1.807, 2.05) is 0 Å². The Kier molecular flexibility index (Phi) is 3.69. The highest BCUT2D eigenvalue weighted by Crippen LogP contribution is 2.15. The summed E-state index contributed by atoms with van der Waals surface area (Å²) >= 11 is 2.93.